The Morgan fingerprint density at radius 1 is 1.26 bits per heavy atom. The van der Waals surface area contributed by atoms with Crippen LogP contribution in [0.3, 0.4) is 0 Å². The van der Waals surface area contributed by atoms with E-state index in [-0.39, 0.29) is 23.4 Å². The SMILES string of the molecule is O=C(O)C1CCC(C(=O)Nc2ccncc2F)CC1. The Hall–Kier alpha value is -1.98. The number of carboxylic acid groups (broad SMARTS) is 1. The highest BCUT2D eigenvalue weighted by molar-refractivity contribution is 5.92. The third kappa shape index (κ3) is 3.27. The summed E-state index contributed by atoms with van der Waals surface area (Å²) in [5.41, 5.74) is 0.111. The Bertz CT molecular complexity index is 485. The molecular weight excluding hydrogens is 251 g/mol. The van der Waals surface area contributed by atoms with Gasteiger partial charge in [-0.15, -0.1) is 0 Å². The highest BCUT2D eigenvalue weighted by atomic mass is 19.1. The number of carbonyl (C=O) groups is 2. The molecule has 5 nitrogen and oxygen atoms in total. The van der Waals surface area contributed by atoms with Crippen LogP contribution in [0.25, 0.3) is 0 Å². The van der Waals surface area contributed by atoms with Crippen LogP contribution >= 0.6 is 0 Å². The average Bonchev–Trinajstić information content (AvgIpc) is 2.41. The van der Waals surface area contributed by atoms with Gasteiger partial charge in [0.15, 0.2) is 5.82 Å². The molecule has 0 aliphatic heterocycles. The molecule has 1 aliphatic carbocycles. The minimum atomic E-state index is -0.806. The summed E-state index contributed by atoms with van der Waals surface area (Å²) in [7, 11) is 0. The van der Waals surface area contributed by atoms with Gasteiger partial charge in [0.1, 0.15) is 0 Å². The lowest BCUT2D eigenvalue weighted by Crippen LogP contribution is -2.29. The average molecular weight is 266 g/mol. The van der Waals surface area contributed by atoms with Crippen LogP contribution in [0, 0.1) is 17.7 Å². The standard InChI is InChI=1S/C13H15FN2O3/c14-10-7-15-6-5-11(10)16-12(17)8-1-3-9(4-2-8)13(18)19/h5-9H,1-4H2,(H,18,19)(H,15,16,17). The molecule has 1 aromatic heterocycles. The first-order valence-corrected chi connectivity index (χ1v) is 6.21. The Morgan fingerprint density at radius 3 is 2.47 bits per heavy atom. The van der Waals surface area contributed by atoms with E-state index >= 15 is 0 Å². The van der Waals surface area contributed by atoms with Crippen molar-refractivity contribution < 1.29 is 19.1 Å². The molecule has 19 heavy (non-hydrogen) atoms. The van der Waals surface area contributed by atoms with Gasteiger partial charge in [-0.3, -0.25) is 14.6 Å². The molecule has 6 heteroatoms. The van der Waals surface area contributed by atoms with E-state index in [1.54, 1.807) is 0 Å². The third-order valence-corrected chi connectivity index (χ3v) is 3.48. The fourth-order valence-corrected chi connectivity index (χ4v) is 2.31. The van der Waals surface area contributed by atoms with Gasteiger partial charge in [0.05, 0.1) is 17.8 Å². The number of aromatic nitrogens is 1. The van der Waals surface area contributed by atoms with Crippen LogP contribution in [0.5, 0.6) is 0 Å². The molecule has 1 amide bonds. The number of carbonyl (C=O) groups excluding carboxylic acids is 1. The quantitative estimate of drug-likeness (QED) is 0.877. The number of halogens is 1. The summed E-state index contributed by atoms with van der Waals surface area (Å²) < 4.78 is 13.3. The van der Waals surface area contributed by atoms with Crippen LogP contribution in [0.2, 0.25) is 0 Å². The molecule has 2 N–H and O–H groups in total. The number of amides is 1. The Morgan fingerprint density at radius 2 is 1.89 bits per heavy atom. The van der Waals surface area contributed by atoms with Crippen molar-refractivity contribution in [2.45, 2.75) is 25.7 Å². The van der Waals surface area contributed by atoms with Crippen LogP contribution in [0.1, 0.15) is 25.7 Å². The van der Waals surface area contributed by atoms with Crippen molar-refractivity contribution in [2.75, 3.05) is 5.32 Å². The monoisotopic (exact) mass is 266 g/mol. The van der Waals surface area contributed by atoms with Crippen molar-refractivity contribution in [3.8, 4) is 0 Å². The molecule has 1 aromatic rings. The van der Waals surface area contributed by atoms with Crippen molar-refractivity contribution in [3.05, 3.63) is 24.3 Å². The predicted molar refractivity (Wildman–Crippen MR) is 65.9 cm³/mol. The predicted octanol–water partition coefficient (Wildman–Crippen LogP) is 2.05. The maximum atomic E-state index is 13.3. The number of aliphatic carboxylic acids is 1. The molecule has 0 unspecified atom stereocenters. The van der Waals surface area contributed by atoms with Gasteiger partial charge in [-0.2, -0.15) is 0 Å². The van der Waals surface area contributed by atoms with Gasteiger partial charge >= 0.3 is 5.97 Å². The van der Waals surface area contributed by atoms with E-state index in [0.29, 0.717) is 25.7 Å². The highest BCUT2D eigenvalue weighted by Gasteiger charge is 2.29. The zero-order valence-corrected chi connectivity index (χ0v) is 10.3. The topological polar surface area (TPSA) is 79.3 Å². The molecule has 1 fully saturated rings. The number of hydrogen-bond donors (Lipinski definition) is 2. The fourth-order valence-electron chi connectivity index (χ4n) is 2.31. The summed E-state index contributed by atoms with van der Waals surface area (Å²) in [5.74, 6) is -2.24. The van der Waals surface area contributed by atoms with E-state index in [1.165, 1.54) is 12.3 Å². The number of carboxylic acids is 1. The third-order valence-electron chi connectivity index (χ3n) is 3.48. The normalized spacial score (nSPS) is 22.8. The lowest BCUT2D eigenvalue weighted by Gasteiger charge is -2.25. The second-order valence-electron chi connectivity index (χ2n) is 4.73. The van der Waals surface area contributed by atoms with Gasteiger partial charge in [-0.1, -0.05) is 0 Å². The maximum absolute atomic E-state index is 13.3. The number of pyridine rings is 1. The second-order valence-corrected chi connectivity index (χ2v) is 4.73. The summed E-state index contributed by atoms with van der Waals surface area (Å²) in [5, 5.41) is 11.4. The smallest absolute Gasteiger partial charge is 0.306 e. The van der Waals surface area contributed by atoms with Gasteiger partial charge in [-0.25, -0.2) is 4.39 Å². The zero-order valence-electron chi connectivity index (χ0n) is 10.3. The zero-order chi connectivity index (χ0) is 13.8. The van der Waals surface area contributed by atoms with Crippen molar-refractivity contribution >= 4 is 17.6 Å². The van der Waals surface area contributed by atoms with Gasteiger partial charge < -0.3 is 10.4 Å². The van der Waals surface area contributed by atoms with E-state index in [4.69, 9.17) is 5.11 Å². The molecule has 102 valence electrons. The molecule has 0 atom stereocenters. The molecule has 0 spiro atoms. The van der Waals surface area contributed by atoms with Crippen LogP contribution < -0.4 is 5.32 Å². The van der Waals surface area contributed by atoms with E-state index in [1.807, 2.05) is 0 Å². The van der Waals surface area contributed by atoms with Crippen LogP contribution in [0.15, 0.2) is 18.5 Å². The van der Waals surface area contributed by atoms with Gasteiger partial charge in [-0.05, 0) is 31.7 Å². The molecule has 0 aromatic carbocycles. The number of rotatable bonds is 3. The van der Waals surface area contributed by atoms with Crippen molar-refractivity contribution in [3.63, 3.8) is 0 Å². The molecule has 1 heterocycles. The summed E-state index contributed by atoms with van der Waals surface area (Å²) in [6.45, 7) is 0. The molecule has 2 rings (SSSR count). The molecule has 1 saturated carbocycles. The Kier molecular flexibility index (Phi) is 4.09. The highest BCUT2D eigenvalue weighted by Crippen LogP contribution is 2.29. The molecule has 0 bridgehead atoms. The largest absolute Gasteiger partial charge is 0.481 e. The number of hydrogen-bond acceptors (Lipinski definition) is 3. The number of anilines is 1. The van der Waals surface area contributed by atoms with E-state index in [2.05, 4.69) is 10.3 Å². The molecule has 0 radical (unpaired) electrons. The van der Waals surface area contributed by atoms with E-state index in [0.717, 1.165) is 6.20 Å². The molecular formula is C13H15FN2O3. The number of nitrogens with zero attached hydrogens (tertiary/aromatic N) is 1. The van der Waals surface area contributed by atoms with Gasteiger partial charge in [0.25, 0.3) is 0 Å². The number of nitrogens with one attached hydrogen (secondary N) is 1. The minimum Gasteiger partial charge on any atom is -0.481 e. The second kappa shape index (κ2) is 5.77. The summed E-state index contributed by atoms with van der Waals surface area (Å²) in [6, 6.07) is 1.40. The first kappa shape index (κ1) is 13.5. The first-order chi connectivity index (χ1) is 9.08. The fraction of sp³-hybridized carbons (Fsp3) is 0.462. The summed E-state index contributed by atoms with van der Waals surface area (Å²) >= 11 is 0. The van der Waals surface area contributed by atoms with Gasteiger partial charge in [0.2, 0.25) is 5.91 Å². The van der Waals surface area contributed by atoms with Crippen molar-refractivity contribution in [1.82, 2.24) is 4.98 Å². The lowest BCUT2D eigenvalue weighted by atomic mass is 9.81. The Balaban J connectivity index is 1.92. The Labute approximate surface area is 109 Å². The van der Waals surface area contributed by atoms with E-state index in [9.17, 15) is 14.0 Å². The first-order valence-electron chi connectivity index (χ1n) is 6.21. The van der Waals surface area contributed by atoms with Gasteiger partial charge in [0, 0.05) is 12.1 Å². The molecule has 0 saturated heterocycles. The van der Waals surface area contributed by atoms with Crippen molar-refractivity contribution in [2.24, 2.45) is 11.8 Å². The lowest BCUT2D eigenvalue weighted by molar-refractivity contribution is -0.143. The van der Waals surface area contributed by atoms with Crippen molar-refractivity contribution in [1.29, 1.82) is 0 Å². The van der Waals surface area contributed by atoms with Crippen LogP contribution in [-0.4, -0.2) is 22.0 Å². The van der Waals surface area contributed by atoms with Crippen LogP contribution in [-0.2, 0) is 9.59 Å². The maximum Gasteiger partial charge on any atom is 0.306 e. The molecule has 1 aliphatic rings. The minimum absolute atomic E-state index is 0.111. The summed E-state index contributed by atoms with van der Waals surface area (Å²) in [4.78, 5) is 26.4. The van der Waals surface area contributed by atoms with Crippen LogP contribution in [0.4, 0.5) is 10.1 Å². The summed E-state index contributed by atoms with van der Waals surface area (Å²) in [6.07, 6.45) is 4.47. The van der Waals surface area contributed by atoms with E-state index < -0.39 is 11.8 Å².